The number of nitrogens with two attached hydrogens (primary N) is 1. The van der Waals surface area contributed by atoms with Crippen LogP contribution in [-0.4, -0.2) is 42.6 Å². The second-order valence-corrected chi connectivity index (χ2v) is 6.84. The van der Waals surface area contributed by atoms with Gasteiger partial charge in [0.2, 0.25) is 0 Å². The number of methoxy groups -OCH3 is 1. The van der Waals surface area contributed by atoms with Crippen LogP contribution >= 0.6 is 0 Å². The fourth-order valence-electron chi connectivity index (χ4n) is 4.08. The zero-order valence-corrected chi connectivity index (χ0v) is 13.8. The van der Waals surface area contributed by atoms with Gasteiger partial charge in [-0.25, -0.2) is 0 Å². The first kappa shape index (κ1) is 16.0. The molecule has 124 valence electrons. The minimum atomic E-state index is -0.112. The molecule has 0 aliphatic carbocycles. The van der Waals surface area contributed by atoms with E-state index in [4.69, 9.17) is 15.9 Å². The normalized spacial score (nSPS) is 27.0. The van der Waals surface area contributed by atoms with Crippen molar-refractivity contribution in [3.8, 4) is 5.75 Å². The Labute approximate surface area is 137 Å². The van der Waals surface area contributed by atoms with Crippen molar-refractivity contribution in [2.75, 3.05) is 19.9 Å². The smallest absolute Gasteiger partial charge is 0.181 e. The molecule has 2 bridgehead atoms. The topological polar surface area (TPSA) is 79.4 Å². The molecular weight excluding hydrogens is 290 g/mol. The average Bonchev–Trinajstić information content (AvgIpc) is 2.76. The van der Waals surface area contributed by atoms with Crippen molar-refractivity contribution in [3.05, 3.63) is 23.8 Å². The molecule has 3 rings (SSSR count). The first-order valence-corrected chi connectivity index (χ1v) is 8.27. The van der Waals surface area contributed by atoms with Crippen LogP contribution in [0.3, 0.4) is 0 Å². The van der Waals surface area contributed by atoms with Crippen molar-refractivity contribution in [2.24, 2.45) is 5.92 Å². The average molecular weight is 315 g/mol. The zero-order valence-electron chi connectivity index (χ0n) is 13.8. The number of hydrogen-bond donors (Lipinski definition) is 2. The van der Waals surface area contributed by atoms with Gasteiger partial charge in [0.1, 0.15) is 11.5 Å². The van der Waals surface area contributed by atoms with Crippen molar-refractivity contribution < 1.29 is 9.53 Å². The van der Waals surface area contributed by atoms with E-state index in [1.54, 1.807) is 25.3 Å². The lowest BCUT2D eigenvalue weighted by Gasteiger charge is -2.36. The summed E-state index contributed by atoms with van der Waals surface area (Å²) in [7, 11) is 3.76. The Hall–Kier alpha value is -1.88. The fraction of sp³-hybridized carbons (Fsp3) is 0.556. The van der Waals surface area contributed by atoms with Crippen molar-refractivity contribution >= 4 is 17.2 Å². The minimum absolute atomic E-state index is 0.00711. The minimum Gasteiger partial charge on any atom is -0.497 e. The number of piperidine rings is 1. The van der Waals surface area contributed by atoms with Crippen LogP contribution in [0, 0.1) is 11.3 Å². The summed E-state index contributed by atoms with van der Waals surface area (Å²) < 4.78 is 5.17. The summed E-state index contributed by atoms with van der Waals surface area (Å²) in [5.41, 5.74) is 6.87. The lowest BCUT2D eigenvalue weighted by Crippen LogP contribution is -2.40. The molecule has 2 atom stereocenters. The third kappa shape index (κ3) is 3.11. The number of carbonyl (C=O) groups excluding carboxylic acids is 1. The quantitative estimate of drug-likeness (QED) is 0.646. The molecule has 2 aliphatic rings. The van der Waals surface area contributed by atoms with Crippen molar-refractivity contribution in [1.82, 2.24) is 4.90 Å². The van der Waals surface area contributed by atoms with Gasteiger partial charge >= 0.3 is 0 Å². The molecule has 0 spiro atoms. The molecule has 2 heterocycles. The summed E-state index contributed by atoms with van der Waals surface area (Å²) in [4.78, 5) is 15.0. The molecule has 2 unspecified atom stereocenters. The molecule has 2 fully saturated rings. The first-order valence-electron chi connectivity index (χ1n) is 8.27. The highest BCUT2D eigenvalue weighted by atomic mass is 16.5. The summed E-state index contributed by atoms with van der Waals surface area (Å²) in [5.74, 6) is 0.895. The van der Waals surface area contributed by atoms with Gasteiger partial charge < -0.3 is 15.4 Å². The van der Waals surface area contributed by atoms with Gasteiger partial charge in [0.05, 0.1) is 7.11 Å². The molecular formula is C18H25N3O2. The molecule has 0 amide bonds. The predicted molar refractivity (Wildman–Crippen MR) is 91.2 cm³/mol. The van der Waals surface area contributed by atoms with Crippen LogP contribution in [0.1, 0.15) is 37.7 Å². The largest absolute Gasteiger partial charge is 0.497 e. The molecule has 0 radical (unpaired) electrons. The lowest BCUT2D eigenvalue weighted by atomic mass is 9.85. The highest BCUT2D eigenvalue weighted by Gasteiger charge is 2.39. The van der Waals surface area contributed by atoms with Gasteiger partial charge in [-0.2, -0.15) is 0 Å². The van der Waals surface area contributed by atoms with Crippen LogP contribution in [0.2, 0.25) is 0 Å². The third-order valence-corrected chi connectivity index (χ3v) is 5.48. The summed E-state index contributed by atoms with van der Waals surface area (Å²) in [6.07, 6.45) is 5.08. The third-order valence-electron chi connectivity index (χ3n) is 5.48. The number of Topliss-reactive ketones (excluding diaryl/α,β-unsaturated/α-hetero) is 1. The van der Waals surface area contributed by atoms with Gasteiger partial charge in [-0.15, -0.1) is 0 Å². The number of hydrogen-bond acceptors (Lipinski definition) is 5. The molecule has 2 aliphatic heterocycles. The molecule has 5 nitrogen and oxygen atoms in total. The van der Waals surface area contributed by atoms with E-state index in [2.05, 4.69) is 11.9 Å². The number of nitrogen functional groups attached to an aromatic ring is 1. The monoisotopic (exact) mass is 315 g/mol. The van der Waals surface area contributed by atoms with E-state index in [1.807, 2.05) is 0 Å². The van der Waals surface area contributed by atoms with Gasteiger partial charge in [-0.3, -0.25) is 10.2 Å². The SMILES string of the molecule is COc1ccc(N)c(C(=N)C(=O)CC2CC3CCC(C2)N3C)c1. The number of nitrogens with zero attached hydrogens (tertiary/aromatic N) is 1. The Balaban J connectivity index is 1.68. The van der Waals surface area contributed by atoms with E-state index in [9.17, 15) is 4.79 Å². The van der Waals surface area contributed by atoms with E-state index in [-0.39, 0.29) is 11.5 Å². The summed E-state index contributed by atoms with van der Waals surface area (Å²) in [6, 6.07) is 6.33. The van der Waals surface area contributed by atoms with E-state index in [0.717, 1.165) is 12.8 Å². The summed E-state index contributed by atoms with van der Waals surface area (Å²) in [6.45, 7) is 0. The van der Waals surface area contributed by atoms with Crippen LogP contribution in [0.15, 0.2) is 18.2 Å². The summed E-state index contributed by atoms with van der Waals surface area (Å²) >= 11 is 0. The number of anilines is 1. The second-order valence-electron chi connectivity index (χ2n) is 6.84. The molecule has 0 saturated carbocycles. The maximum absolute atomic E-state index is 12.5. The van der Waals surface area contributed by atoms with Crippen LogP contribution in [0.25, 0.3) is 0 Å². The molecule has 3 N–H and O–H groups in total. The van der Waals surface area contributed by atoms with Crippen molar-refractivity contribution in [2.45, 2.75) is 44.2 Å². The number of carbonyl (C=O) groups is 1. The van der Waals surface area contributed by atoms with Gasteiger partial charge in [0.15, 0.2) is 5.78 Å². The highest BCUT2D eigenvalue weighted by molar-refractivity contribution is 6.46. The predicted octanol–water partition coefficient (Wildman–Crippen LogP) is 2.48. The van der Waals surface area contributed by atoms with Crippen molar-refractivity contribution in [3.63, 3.8) is 0 Å². The van der Waals surface area contributed by atoms with Crippen LogP contribution in [-0.2, 0) is 4.79 Å². The molecule has 23 heavy (non-hydrogen) atoms. The Morgan fingerprint density at radius 3 is 2.61 bits per heavy atom. The van der Waals surface area contributed by atoms with E-state index < -0.39 is 0 Å². The number of benzene rings is 1. The van der Waals surface area contributed by atoms with E-state index in [0.29, 0.717) is 41.4 Å². The number of fused-ring (bicyclic) bond motifs is 2. The Bertz CT molecular complexity index is 615. The van der Waals surface area contributed by atoms with Gasteiger partial charge in [0.25, 0.3) is 0 Å². The Morgan fingerprint density at radius 2 is 2.00 bits per heavy atom. The number of nitrogens with one attached hydrogen (secondary N) is 1. The Kier molecular flexibility index (Phi) is 4.39. The lowest BCUT2D eigenvalue weighted by molar-refractivity contribution is -0.114. The van der Waals surface area contributed by atoms with Gasteiger partial charge in [-0.05, 0) is 56.8 Å². The van der Waals surface area contributed by atoms with Crippen LogP contribution in [0.5, 0.6) is 5.75 Å². The Morgan fingerprint density at radius 1 is 1.35 bits per heavy atom. The first-order chi connectivity index (χ1) is 11.0. The zero-order chi connectivity index (χ0) is 16.6. The maximum Gasteiger partial charge on any atom is 0.181 e. The molecule has 1 aromatic carbocycles. The van der Waals surface area contributed by atoms with Crippen molar-refractivity contribution in [1.29, 1.82) is 5.41 Å². The summed E-state index contributed by atoms with van der Waals surface area (Å²) in [5, 5.41) is 8.23. The maximum atomic E-state index is 12.5. The molecule has 5 heteroatoms. The van der Waals surface area contributed by atoms with Crippen LogP contribution in [0.4, 0.5) is 5.69 Å². The molecule has 2 saturated heterocycles. The van der Waals surface area contributed by atoms with E-state index >= 15 is 0 Å². The number of rotatable bonds is 5. The fourth-order valence-corrected chi connectivity index (χ4v) is 4.08. The second kappa shape index (κ2) is 6.32. The van der Waals surface area contributed by atoms with E-state index in [1.165, 1.54) is 12.8 Å². The van der Waals surface area contributed by atoms with Gasteiger partial charge in [-0.1, -0.05) is 0 Å². The van der Waals surface area contributed by atoms with Crippen LogP contribution < -0.4 is 10.5 Å². The number of ether oxygens (including phenoxy) is 1. The van der Waals surface area contributed by atoms with Gasteiger partial charge in [0, 0.05) is 29.8 Å². The highest BCUT2D eigenvalue weighted by Crippen LogP contribution is 2.38. The molecule has 1 aromatic rings. The number of ketones is 1. The standard InChI is InChI=1S/C18H25N3O2/c1-21-12-3-4-13(21)8-11(7-12)9-17(22)18(20)15-10-14(23-2)5-6-16(15)19/h5-6,10-13,20H,3-4,7-9,19H2,1-2H3. The molecule has 0 aromatic heterocycles.